The Morgan fingerprint density at radius 1 is 1.39 bits per heavy atom. The highest BCUT2D eigenvalue weighted by Gasteiger charge is 2.27. The Morgan fingerprint density at radius 3 is 2.44 bits per heavy atom. The molecular weight excluding hydrogens is 312 g/mol. The predicted molar refractivity (Wildman–Crippen MR) is 82.1 cm³/mol. The highest BCUT2D eigenvalue weighted by molar-refractivity contribution is 9.11. The van der Waals surface area contributed by atoms with Crippen LogP contribution in [0.4, 0.5) is 0 Å². The molecule has 0 spiro atoms. The van der Waals surface area contributed by atoms with Gasteiger partial charge in [-0.2, -0.15) is 0 Å². The molecule has 18 heavy (non-hydrogen) atoms. The van der Waals surface area contributed by atoms with Gasteiger partial charge in [-0.3, -0.25) is 4.90 Å². The van der Waals surface area contributed by atoms with Gasteiger partial charge in [-0.1, -0.05) is 0 Å². The Labute approximate surface area is 122 Å². The Kier molecular flexibility index (Phi) is 6.81. The van der Waals surface area contributed by atoms with Gasteiger partial charge < -0.3 is 10.5 Å². The van der Waals surface area contributed by atoms with Crippen molar-refractivity contribution in [3.8, 4) is 0 Å². The SMILES string of the molecule is COCCN(C(C)C)C(c1ccc(Br)s1)C(C)N. The van der Waals surface area contributed by atoms with Gasteiger partial charge in [-0.05, 0) is 48.8 Å². The number of hydrogen-bond donors (Lipinski definition) is 1. The molecule has 0 fully saturated rings. The summed E-state index contributed by atoms with van der Waals surface area (Å²) < 4.78 is 6.36. The molecular formula is C13H23BrN2OS. The first-order chi connectivity index (χ1) is 8.47. The average Bonchev–Trinajstić information content (AvgIpc) is 2.69. The molecule has 1 rings (SSSR count). The van der Waals surface area contributed by atoms with Gasteiger partial charge in [0.05, 0.1) is 16.4 Å². The van der Waals surface area contributed by atoms with E-state index in [1.807, 2.05) is 0 Å². The average molecular weight is 335 g/mol. The second-order valence-corrected chi connectivity index (χ2v) is 7.26. The number of methoxy groups -OCH3 is 1. The Morgan fingerprint density at radius 2 is 2.06 bits per heavy atom. The molecule has 0 aliphatic carbocycles. The molecule has 0 aliphatic heterocycles. The van der Waals surface area contributed by atoms with Crippen LogP contribution in [0, 0.1) is 0 Å². The molecule has 1 aromatic heterocycles. The van der Waals surface area contributed by atoms with Crippen LogP contribution in [-0.4, -0.2) is 37.2 Å². The van der Waals surface area contributed by atoms with E-state index in [4.69, 9.17) is 10.5 Å². The first kappa shape index (κ1) is 16.1. The lowest BCUT2D eigenvalue weighted by atomic mass is 10.1. The zero-order valence-corrected chi connectivity index (χ0v) is 13.9. The number of hydrogen-bond acceptors (Lipinski definition) is 4. The summed E-state index contributed by atoms with van der Waals surface area (Å²) in [5.41, 5.74) is 6.20. The van der Waals surface area contributed by atoms with Crippen molar-refractivity contribution in [2.45, 2.75) is 38.9 Å². The van der Waals surface area contributed by atoms with Gasteiger partial charge in [0.25, 0.3) is 0 Å². The fraction of sp³-hybridized carbons (Fsp3) is 0.692. The Hall–Kier alpha value is 0.0600. The first-order valence-electron chi connectivity index (χ1n) is 6.22. The first-order valence-corrected chi connectivity index (χ1v) is 7.83. The molecule has 0 aromatic carbocycles. The number of nitrogens with zero attached hydrogens (tertiary/aromatic N) is 1. The molecule has 2 atom stereocenters. The lowest BCUT2D eigenvalue weighted by molar-refractivity contribution is 0.0878. The van der Waals surface area contributed by atoms with E-state index in [9.17, 15) is 0 Å². The summed E-state index contributed by atoms with van der Waals surface area (Å²) in [5, 5.41) is 0. The standard InChI is InChI=1S/C13H23BrN2OS/c1-9(2)16(7-8-17-4)13(10(3)15)11-5-6-12(14)18-11/h5-6,9-10,13H,7-8,15H2,1-4H3. The molecule has 0 aliphatic rings. The smallest absolute Gasteiger partial charge is 0.0702 e. The highest BCUT2D eigenvalue weighted by atomic mass is 79.9. The van der Waals surface area contributed by atoms with Crippen molar-refractivity contribution in [3.63, 3.8) is 0 Å². The fourth-order valence-corrected chi connectivity index (χ4v) is 3.79. The van der Waals surface area contributed by atoms with Crippen molar-refractivity contribution in [2.24, 2.45) is 5.73 Å². The number of rotatable bonds is 7. The second kappa shape index (κ2) is 7.60. The van der Waals surface area contributed by atoms with Crippen LogP contribution in [-0.2, 0) is 4.74 Å². The third-order valence-corrected chi connectivity index (χ3v) is 4.65. The third kappa shape index (κ3) is 4.31. The van der Waals surface area contributed by atoms with E-state index in [1.165, 1.54) is 4.88 Å². The van der Waals surface area contributed by atoms with E-state index in [1.54, 1.807) is 18.4 Å². The van der Waals surface area contributed by atoms with Gasteiger partial charge in [0.15, 0.2) is 0 Å². The summed E-state index contributed by atoms with van der Waals surface area (Å²) in [7, 11) is 1.74. The Balaban J connectivity index is 2.93. The zero-order chi connectivity index (χ0) is 13.7. The predicted octanol–water partition coefficient (Wildman–Crippen LogP) is 3.26. The van der Waals surface area contributed by atoms with Gasteiger partial charge in [-0.15, -0.1) is 11.3 Å². The van der Waals surface area contributed by atoms with Crippen molar-refractivity contribution in [1.82, 2.24) is 4.90 Å². The van der Waals surface area contributed by atoms with E-state index in [0.29, 0.717) is 6.04 Å². The maximum atomic E-state index is 6.20. The number of thiophene rings is 1. The van der Waals surface area contributed by atoms with Crippen LogP contribution in [0.5, 0.6) is 0 Å². The highest BCUT2D eigenvalue weighted by Crippen LogP contribution is 2.33. The summed E-state index contributed by atoms with van der Waals surface area (Å²) >= 11 is 5.28. The van der Waals surface area contributed by atoms with Crippen LogP contribution in [0.2, 0.25) is 0 Å². The molecule has 0 amide bonds. The summed E-state index contributed by atoms with van der Waals surface area (Å²) in [5.74, 6) is 0. The summed E-state index contributed by atoms with van der Waals surface area (Å²) in [4.78, 5) is 3.72. The zero-order valence-electron chi connectivity index (χ0n) is 11.5. The molecule has 104 valence electrons. The van der Waals surface area contributed by atoms with Crippen molar-refractivity contribution in [2.75, 3.05) is 20.3 Å². The molecule has 2 N–H and O–H groups in total. The summed E-state index contributed by atoms with van der Waals surface area (Å²) in [6, 6.07) is 5.03. The monoisotopic (exact) mass is 334 g/mol. The quantitative estimate of drug-likeness (QED) is 0.831. The minimum Gasteiger partial charge on any atom is -0.383 e. The van der Waals surface area contributed by atoms with Gasteiger partial charge >= 0.3 is 0 Å². The molecule has 0 bridgehead atoms. The van der Waals surface area contributed by atoms with Gasteiger partial charge in [0.2, 0.25) is 0 Å². The third-order valence-electron chi connectivity index (χ3n) is 2.96. The topological polar surface area (TPSA) is 38.5 Å². The van der Waals surface area contributed by atoms with Crippen LogP contribution in [0.3, 0.4) is 0 Å². The Bertz CT molecular complexity index is 355. The number of nitrogens with two attached hydrogens (primary N) is 1. The lowest BCUT2D eigenvalue weighted by Crippen LogP contribution is -2.44. The molecule has 3 nitrogen and oxygen atoms in total. The maximum absolute atomic E-state index is 6.20. The van der Waals surface area contributed by atoms with E-state index in [2.05, 4.69) is 53.7 Å². The van der Waals surface area contributed by atoms with Crippen LogP contribution in [0.15, 0.2) is 15.9 Å². The van der Waals surface area contributed by atoms with Crippen LogP contribution in [0.25, 0.3) is 0 Å². The molecule has 1 aromatic rings. The van der Waals surface area contributed by atoms with Gasteiger partial charge in [0, 0.05) is 30.6 Å². The van der Waals surface area contributed by atoms with Crippen LogP contribution < -0.4 is 5.73 Å². The largest absolute Gasteiger partial charge is 0.383 e. The number of ether oxygens (including phenoxy) is 1. The molecule has 1 heterocycles. The molecule has 0 saturated carbocycles. The molecule has 0 saturated heterocycles. The molecule has 0 radical (unpaired) electrons. The van der Waals surface area contributed by atoms with Crippen molar-refractivity contribution >= 4 is 27.3 Å². The van der Waals surface area contributed by atoms with Crippen molar-refractivity contribution in [1.29, 1.82) is 0 Å². The van der Waals surface area contributed by atoms with E-state index in [-0.39, 0.29) is 12.1 Å². The maximum Gasteiger partial charge on any atom is 0.0702 e. The summed E-state index contributed by atoms with van der Waals surface area (Å²) in [6.45, 7) is 8.10. The molecule has 5 heteroatoms. The number of halogens is 1. The van der Waals surface area contributed by atoms with E-state index in [0.717, 1.165) is 16.9 Å². The van der Waals surface area contributed by atoms with Gasteiger partial charge in [0.1, 0.15) is 0 Å². The lowest BCUT2D eigenvalue weighted by Gasteiger charge is -2.36. The molecule has 2 unspecified atom stereocenters. The second-order valence-electron chi connectivity index (χ2n) is 4.77. The van der Waals surface area contributed by atoms with Crippen molar-refractivity contribution < 1.29 is 4.74 Å². The van der Waals surface area contributed by atoms with Crippen molar-refractivity contribution in [3.05, 3.63) is 20.8 Å². The van der Waals surface area contributed by atoms with Crippen LogP contribution >= 0.6 is 27.3 Å². The minimum atomic E-state index is 0.0924. The summed E-state index contributed by atoms with van der Waals surface area (Å²) in [6.07, 6.45) is 0. The van der Waals surface area contributed by atoms with E-state index < -0.39 is 0 Å². The fourth-order valence-electron chi connectivity index (χ4n) is 2.13. The normalized spacial score (nSPS) is 15.3. The van der Waals surface area contributed by atoms with Gasteiger partial charge in [-0.25, -0.2) is 0 Å². The van der Waals surface area contributed by atoms with Crippen LogP contribution in [0.1, 0.15) is 31.7 Å². The van der Waals surface area contributed by atoms with E-state index >= 15 is 0 Å². The minimum absolute atomic E-state index is 0.0924.